The molecule has 7 heteroatoms. The lowest BCUT2D eigenvalue weighted by atomic mass is 9.94. The van der Waals surface area contributed by atoms with Gasteiger partial charge in [0.2, 0.25) is 0 Å². The lowest BCUT2D eigenvalue weighted by molar-refractivity contribution is 0.0454. The number of rotatable bonds is 8. The van der Waals surface area contributed by atoms with Gasteiger partial charge in [0, 0.05) is 17.7 Å². The summed E-state index contributed by atoms with van der Waals surface area (Å²) in [7, 11) is 0. The van der Waals surface area contributed by atoms with Gasteiger partial charge in [-0.25, -0.2) is 9.48 Å². The van der Waals surface area contributed by atoms with E-state index in [0.29, 0.717) is 23.5 Å². The van der Waals surface area contributed by atoms with E-state index in [-0.39, 0.29) is 18.0 Å². The largest absolute Gasteiger partial charge is 0.454 e. The summed E-state index contributed by atoms with van der Waals surface area (Å²) in [6, 6.07) is 12.4. The monoisotopic (exact) mass is 392 g/mol. The standard InChI is InChI=1S/C22H24N4O3/c1-4-5-12-26-20(23-24-25-26)14-29-22(28)18-9-7-6-8-17(18)21(27)19-13-15(2)10-11-16(19)3/h6-11,13H,4-5,12,14H2,1-3H3. The van der Waals surface area contributed by atoms with E-state index in [1.54, 1.807) is 28.9 Å². The van der Waals surface area contributed by atoms with E-state index in [0.717, 1.165) is 24.0 Å². The Morgan fingerprint density at radius 2 is 1.79 bits per heavy atom. The van der Waals surface area contributed by atoms with E-state index in [1.165, 1.54) is 0 Å². The van der Waals surface area contributed by atoms with Crippen molar-refractivity contribution >= 4 is 11.8 Å². The molecule has 29 heavy (non-hydrogen) atoms. The summed E-state index contributed by atoms with van der Waals surface area (Å²) >= 11 is 0. The highest BCUT2D eigenvalue weighted by Crippen LogP contribution is 2.20. The molecule has 0 bridgehead atoms. The zero-order valence-corrected chi connectivity index (χ0v) is 16.9. The smallest absolute Gasteiger partial charge is 0.339 e. The molecule has 0 N–H and O–H groups in total. The third-order valence-corrected chi connectivity index (χ3v) is 4.69. The Morgan fingerprint density at radius 3 is 2.55 bits per heavy atom. The van der Waals surface area contributed by atoms with E-state index >= 15 is 0 Å². The zero-order valence-electron chi connectivity index (χ0n) is 16.9. The summed E-state index contributed by atoms with van der Waals surface area (Å²) < 4.78 is 7.05. The van der Waals surface area contributed by atoms with Crippen LogP contribution in [-0.4, -0.2) is 32.0 Å². The van der Waals surface area contributed by atoms with Gasteiger partial charge in [-0.2, -0.15) is 0 Å². The van der Waals surface area contributed by atoms with E-state index in [4.69, 9.17) is 4.74 Å². The van der Waals surface area contributed by atoms with Crippen molar-refractivity contribution in [1.29, 1.82) is 0 Å². The van der Waals surface area contributed by atoms with Gasteiger partial charge in [-0.3, -0.25) is 4.79 Å². The average molecular weight is 392 g/mol. The summed E-state index contributed by atoms with van der Waals surface area (Å²) in [4.78, 5) is 25.8. The first-order valence-electron chi connectivity index (χ1n) is 9.64. The molecule has 0 atom stereocenters. The number of ether oxygens (including phenoxy) is 1. The van der Waals surface area contributed by atoms with E-state index < -0.39 is 5.97 Å². The Labute approximate surface area is 169 Å². The maximum absolute atomic E-state index is 13.1. The minimum atomic E-state index is -0.579. The molecule has 7 nitrogen and oxygen atoms in total. The normalized spacial score (nSPS) is 10.7. The third-order valence-electron chi connectivity index (χ3n) is 4.69. The molecule has 1 heterocycles. The minimum absolute atomic E-state index is 0.0540. The fourth-order valence-corrected chi connectivity index (χ4v) is 3.00. The van der Waals surface area contributed by atoms with Crippen LogP contribution in [0.2, 0.25) is 0 Å². The van der Waals surface area contributed by atoms with Crippen molar-refractivity contribution in [1.82, 2.24) is 20.2 Å². The fraction of sp³-hybridized carbons (Fsp3) is 0.318. The number of carbonyl (C=O) groups excluding carboxylic acids is 2. The summed E-state index contributed by atoms with van der Waals surface area (Å²) in [6.45, 7) is 6.50. The van der Waals surface area contributed by atoms with Gasteiger partial charge in [-0.1, -0.05) is 49.2 Å². The number of esters is 1. The molecule has 0 aliphatic rings. The molecule has 0 unspecified atom stereocenters. The maximum atomic E-state index is 13.1. The second-order valence-electron chi connectivity index (χ2n) is 6.94. The SMILES string of the molecule is CCCCn1nnnc1COC(=O)c1ccccc1C(=O)c1cc(C)ccc1C. The van der Waals surface area contributed by atoms with Gasteiger partial charge in [0.05, 0.1) is 5.56 Å². The lowest BCUT2D eigenvalue weighted by Crippen LogP contribution is -2.15. The number of hydrogen-bond donors (Lipinski definition) is 0. The molecule has 0 fully saturated rings. The Hall–Kier alpha value is -3.35. The predicted molar refractivity (Wildman–Crippen MR) is 108 cm³/mol. The molecule has 1 aromatic heterocycles. The van der Waals surface area contributed by atoms with Crippen molar-refractivity contribution in [3.63, 3.8) is 0 Å². The number of nitrogens with zero attached hydrogens (tertiary/aromatic N) is 4. The number of aromatic nitrogens is 4. The fourth-order valence-electron chi connectivity index (χ4n) is 3.00. The third kappa shape index (κ3) is 4.74. The molecular weight excluding hydrogens is 368 g/mol. The highest BCUT2D eigenvalue weighted by Gasteiger charge is 2.21. The van der Waals surface area contributed by atoms with Gasteiger partial charge >= 0.3 is 5.97 Å². The van der Waals surface area contributed by atoms with E-state index in [2.05, 4.69) is 22.4 Å². The van der Waals surface area contributed by atoms with E-state index in [9.17, 15) is 9.59 Å². The summed E-state index contributed by atoms with van der Waals surface area (Å²) in [6.07, 6.45) is 1.94. The van der Waals surface area contributed by atoms with Crippen molar-refractivity contribution in [3.8, 4) is 0 Å². The average Bonchev–Trinajstić information content (AvgIpc) is 3.19. The first-order chi connectivity index (χ1) is 14.0. The molecule has 0 spiro atoms. The molecule has 3 rings (SSSR count). The Balaban J connectivity index is 1.80. The van der Waals surface area contributed by atoms with Crippen LogP contribution in [0.25, 0.3) is 0 Å². The van der Waals surface area contributed by atoms with Crippen LogP contribution in [0.5, 0.6) is 0 Å². The van der Waals surface area contributed by atoms with Crippen molar-refractivity contribution in [3.05, 3.63) is 76.1 Å². The highest BCUT2D eigenvalue weighted by molar-refractivity contribution is 6.15. The molecular formula is C22H24N4O3. The number of unbranched alkanes of at least 4 members (excludes halogenated alkanes) is 1. The molecule has 0 saturated heterocycles. The van der Waals surface area contributed by atoms with Crippen LogP contribution in [0, 0.1) is 13.8 Å². The van der Waals surface area contributed by atoms with Crippen LogP contribution >= 0.6 is 0 Å². The first-order valence-corrected chi connectivity index (χ1v) is 9.64. The van der Waals surface area contributed by atoms with Gasteiger partial charge in [-0.05, 0) is 48.4 Å². The maximum Gasteiger partial charge on any atom is 0.339 e. The molecule has 0 amide bonds. The predicted octanol–water partition coefficient (Wildman–Crippen LogP) is 3.68. The Kier molecular flexibility index (Phi) is 6.49. The highest BCUT2D eigenvalue weighted by atomic mass is 16.5. The topological polar surface area (TPSA) is 87.0 Å². The van der Waals surface area contributed by atoms with Crippen LogP contribution < -0.4 is 0 Å². The summed E-state index contributed by atoms with van der Waals surface area (Å²) in [5, 5.41) is 11.5. The zero-order chi connectivity index (χ0) is 20.8. The second kappa shape index (κ2) is 9.23. The second-order valence-corrected chi connectivity index (χ2v) is 6.94. The van der Waals surface area contributed by atoms with Crippen molar-refractivity contribution in [2.24, 2.45) is 0 Å². The molecule has 0 radical (unpaired) electrons. The summed E-state index contributed by atoms with van der Waals surface area (Å²) in [5.74, 6) is -0.305. The molecule has 2 aromatic carbocycles. The lowest BCUT2D eigenvalue weighted by Gasteiger charge is -2.11. The van der Waals surface area contributed by atoms with Crippen molar-refractivity contribution in [2.75, 3.05) is 0 Å². The molecule has 150 valence electrons. The van der Waals surface area contributed by atoms with Crippen LogP contribution in [0.15, 0.2) is 42.5 Å². The quantitative estimate of drug-likeness (QED) is 0.429. The molecule has 0 aliphatic carbocycles. The Morgan fingerprint density at radius 1 is 1.03 bits per heavy atom. The number of benzene rings is 2. The number of ketones is 1. The van der Waals surface area contributed by atoms with Gasteiger partial charge < -0.3 is 4.74 Å². The number of aryl methyl sites for hydroxylation is 3. The number of carbonyl (C=O) groups is 2. The number of hydrogen-bond acceptors (Lipinski definition) is 6. The van der Waals surface area contributed by atoms with Crippen molar-refractivity contribution in [2.45, 2.75) is 46.8 Å². The van der Waals surface area contributed by atoms with Crippen molar-refractivity contribution < 1.29 is 14.3 Å². The van der Waals surface area contributed by atoms with Gasteiger partial charge in [-0.15, -0.1) is 5.10 Å². The Bertz CT molecular complexity index is 1030. The van der Waals surface area contributed by atoms with Crippen LogP contribution in [0.4, 0.5) is 0 Å². The van der Waals surface area contributed by atoms with Crippen LogP contribution in [0.1, 0.15) is 63.0 Å². The minimum Gasteiger partial charge on any atom is -0.454 e. The molecule has 0 saturated carbocycles. The van der Waals surface area contributed by atoms with Crippen LogP contribution in [-0.2, 0) is 17.9 Å². The van der Waals surface area contributed by atoms with Crippen LogP contribution in [0.3, 0.4) is 0 Å². The molecule has 0 aliphatic heterocycles. The number of tetrazole rings is 1. The van der Waals surface area contributed by atoms with Gasteiger partial charge in [0.25, 0.3) is 0 Å². The van der Waals surface area contributed by atoms with Gasteiger partial charge in [0.15, 0.2) is 18.2 Å². The van der Waals surface area contributed by atoms with Gasteiger partial charge in [0.1, 0.15) is 0 Å². The summed E-state index contributed by atoms with van der Waals surface area (Å²) in [5.41, 5.74) is 2.97. The molecule has 3 aromatic rings. The van der Waals surface area contributed by atoms with E-state index in [1.807, 2.05) is 32.0 Å². The first kappa shape index (κ1) is 20.4.